The van der Waals surface area contributed by atoms with Gasteiger partial charge in [0.05, 0.1) is 7.11 Å². The molecule has 0 radical (unpaired) electrons. The summed E-state index contributed by atoms with van der Waals surface area (Å²) in [6.45, 7) is 0. The zero-order valence-electron chi connectivity index (χ0n) is 6.41. The van der Waals surface area contributed by atoms with Gasteiger partial charge < -0.3 is 14.9 Å². The highest BCUT2D eigenvalue weighted by Crippen LogP contribution is 2.19. The number of ether oxygens (including phenoxy) is 1. The molecule has 1 heterocycles. The van der Waals surface area contributed by atoms with E-state index in [9.17, 15) is 4.79 Å². The number of esters is 1. The molecule has 1 aromatic heterocycles. The minimum absolute atomic E-state index is 0.383. The normalized spacial score (nSPS) is 12.6. The van der Waals surface area contributed by atoms with Crippen LogP contribution in [0, 0.1) is 0 Å². The second-order valence-corrected chi connectivity index (χ2v) is 2.92. The van der Waals surface area contributed by atoms with Crippen LogP contribution in [0.1, 0.15) is 11.8 Å². The Kier molecular flexibility index (Phi) is 2.88. The first-order chi connectivity index (χ1) is 5.65. The molecular formula is C7H8BrNO3. The molecule has 0 bridgehead atoms. The third-order valence-corrected chi connectivity index (χ3v) is 1.78. The smallest absolute Gasteiger partial charge is 0.330 e. The van der Waals surface area contributed by atoms with Crippen molar-refractivity contribution in [2.75, 3.05) is 7.11 Å². The standard InChI is InChI=1S/C7H8BrNO3/c1-11-7(10)6(9)4-2-3-5(8)12-4/h2-3,6H,9H2,1H3. The van der Waals surface area contributed by atoms with Crippen LogP contribution in [0.25, 0.3) is 0 Å². The SMILES string of the molecule is COC(=O)C(N)c1ccc(Br)o1. The molecule has 0 spiro atoms. The molecule has 0 aliphatic carbocycles. The van der Waals surface area contributed by atoms with Crippen molar-refractivity contribution in [2.45, 2.75) is 6.04 Å². The van der Waals surface area contributed by atoms with Crippen molar-refractivity contribution >= 4 is 21.9 Å². The van der Waals surface area contributed by atoms with Gasteiger partial charge in [-0.15, -0.1) is 0 Å². The largest absolute Gasteiger partial charge is 0.468 e. The fourth-order valence-corrected chi connectivity index (χ4v) is 1.06. The third kappa shape index (κ3) is 1.86. The van der Waals surface area contributed by atoms with Crippen molar-refractivity contribution in [3.63, 3.8) is 0 Å². The van der Waals surface area contributed by atoms with E-state index in [0.29, 0.717) is 10.4 Å². The van der Waals surface area contributed by atoms with Crippen LogP contribution < -0.4 is 5.73 Å². The predicted molar refractivity (Wildman–Crippen MR) is 45.4 cm³/mol. The quantitative estimate of drug-likeness (QED) is 0.781. The zero-order chi connectivity index (χ0) is 9.14. The number of methoxy groups -OCH3 is 1. The van der Waals surface area contributed by atoms with Crippen LogP contribution in [0.15, 0.2) is 21.2 Å². The maximum atomic E-state index is 10.9. The van der Waals surface area contributed by atoms with E-state index in [2.05, 4.69) is 20.7 Å². The maximum Gasteiger partial charge on any atom is 0.330 e. The highest BCUT2D eigenvalue weighted by molar-refractivity contribution is 9.10. The molecule has 1 unspecified atom stereocenters. The monoisotopic (exact) mass is 233 g/mol. The Balaban J connectivity index is 2.77. The number of carbonyl (C=O) groups is 1. The van der Waals surface area contributed by atoms with Gasteiger partial charge in [0, 0.05) is 0 Å². The van der Waals surface area contributed by atoms with Crippen LogP contribution in [-0.4, -0.2) is 13.1 Å². The molecule has 0 fully saturated rings. The molecule has 12 heavy (non-hydrogen) atoms. The average molecular weight is 234 g/mol. The molecule has 0 aliphatic rings. The first kappa shape index (κ1) is 9.28. The zero-order valence-corrected chi connectivity index (χ0v) is 8.00. The van der Waals surface area contributed by atoms with Gasteiger partial charge in [0.2, 0.25) is 0 Å². The number of hydrogen-bond acceptors (Lipinski definition) is 4. The maximum absolute atomic E-state index is 10.9. The number of hydrogen-bond donors (Lipinski definition) is 1. The van der Waals surface area contributed by atoms with Crippen LogP contribution in [-0.2, 0) is 9.53 Å². The van der Waals surface area contributed by atoms with Crippen LogP contribution in [0.3, 0.4) is 0 Å². The van der Waals surface area contributed by atoms with E-state index < -0.39 is 12.0 Å². The Hall–Kier alpha value is -0.810. The first-order valence-electron chi connectivity index (χ1n) is 3.24. The molecule has 0 saturated carbocycles. The number of nitrogens with two attached hydrogens (primary N) is 1. The lowest BCUT2D eigenvalue weighted by Gasteiger charge is -2.04. The van der Waals surface area contributed by atoms with Gasteiger partial charge in [0.25, 0.3) is 0 Å². The van der Waals surface area contributed by atoms with Gasteiger partial charge in [-0.25, -0.2) is 4.79 Å². The molecule has 0 aromatic carbocycles. The van der Waals surface area contributed by atoms with Crippen LogP contribution in [0.2, 0.25) is 0 Å². The molecule has 5 heteroatoms. The van der Waals surface area contributed by atoms with Crippen LogP contribution >= 0.6 is 15.9 Å². The van der Waals surface area contributed by atoms with Gasteiger partial charge in [-0.2, -0.15) is 0 Å². The summed E-state index contributed by atoms with van der Waals surface area (Å²) in [6.07, 6.45) is 0. The van der Waals surface area contributed by atoms with Gasteiger partial charge in [0.15, 0.2) is 10.7 Å². The average Bonchev–Trinajstić information content (AvgIpc) is 2.49. The third-order valence-electron chi connectivity index (χ3n) is 1.36. The van der Waals surface area contributed by atoms with Crippen molar-refractivity contribution in [1.29, 1.82) is 0 Å². The Morgan fingerprint density at radius 1 is 1.75 bits per heavy atom. The lowest BCUT2D eigenvalue weighted by Crippen LogP contribution is -2.21. The topological polar surface area (TPSA) is 65.5 Å². The van der Waals surface area contributed by atoms with Crippen molar-refractivity contribution in [3.05, 3.63) is 22.6 Å². The molecule has 1 rings (SSSR count). The van der Waals surface area contributed by atoms with E-state index >= 15 is 0 Å². The molecule has 66 valence electrons. The van der Waals surface area contributed by atoms with Gasteiger partial charge >= 0.3 is 5.97 Å². The summed E-state index contributed by atoms with van der Waals surface area (Å²) in [5.41, 5.74) is 5.47. The van der Waals surface area contributed by atoms with Gasteiger partial charge in [0.1, 0.15) is 5.76 Å². The Morgan fingerprint density at radius 3 is 2.83 bits per heavy atom. The Morgan fingerprint density at radius 2 is 2.42 bits per heavy atom. The van der Waals surface area contributed by atoms with Crippen molar-refractivity contribution < 1.29 is 13.9 Å². The summed E-state index contributed by atoms with van der Waals surface area (Å²) in [5, 5.41) is 0. The minimum atomic E-state index is -0.846. The first-order valence-corrected chi connectivity index (χ1v) is 4.03. The van der Waals surface area contributed by atoms with E-state index in [1.807, 2.05) is 0 Å². The highest BCUT2D eigenvalue weighted by atomic mass is 79.9. The molecule has 0 aliphatic heterocycles. The summed E-state index contributed by atoms with van der Waals surface area (Å²) in [4.78, 5) is 10.9. The summed E-state index contributed by atoms with van der Waals surface area (Å²) in [5.74, 6) is -0.134. The lowest BCUT2D eigenvalue weighted by molar-refractivity contribution is -0.142. The highest BCUT2D eigenvalue weighted by Gasteiger charge is 2.19. The van der Waals surface area contributed by atoms with Crippen molar-refractivity contribution in [3.8, 4) is 0 Å². The molecular weight excluding hydrogens is 226 g/mol. The van der Waals surface area contributed by atoms with Crippen molar-refractivity contribution in [2.24, 2.45) is 5.73 Å². The minimum Gasteiger partial charge on any atom is -0.468 e. The van der Waals surface area contributed by atoms with E-state index in [4.69, 9.17) is 10.2 Å². The Labute approximate surface area is 77.8 Å². The van der Waals surface area contributed by atoms with Gasteiger partial charge in [-0.3, -0.25) is 0 Å². The Bertz CT molecular complexity index is 284. The second-order valence-electron chi connectivity index (χ2n) is 2.14. The summed E-state index contributed by atoms with van der Waals surface area (Å²) >= 11 is 3.10. The van der Waals surface area contributed by atoms with Gasteiger partial charge in [-0.1, -0.05) is 0 Å². The van der Waals surface area contributed by atoms with E-state index in [1.54, 1.807) is 12.1 Å². The number of rotatable bonds is 2. The second kappa shape index (κ2) is 3.73. The molecule has 4 nitrogen and oxygen atoms in total. The lowest BCUT2D eigenvalue weighted by atomic mass is 10.2. The summed E-state index contributed by atoms with van der Waals surface area (Å²) in [7, 11) is 1.28. The van der Waals surface area contributed by atoms with Crippen LogP contribution in [0.4, 0.5) is 0 Å². The van der Waals surface area contributed by atoms with Gasteiger partial charge in [-0.05, 0) is 28.1 Å². The van der Waals surface area contributed by atoms with E-state index in [1.165, 1.54) is 7.11 Å². The molecule has 0 saturated heterocycles. The summed E-state index contributed by atoms with van der Waals surface area (Å²) < 4.78 is 10.0. The van der Waals surface area contributed by atoms with E-state index in [0.717, 1.165) is 0 Å². The van der Waals surface area contributed by atoms with Crippen molar-refractivity contribution in [1.82, 2.24) is 0 Å². The molecule has 1 atom stereocenters. The van der Waals surface area contributed by atoms with E-state index in [-0.39, 0.29) is 0 Å². The molecule has 1 aromatic rings. The predicted octanol–water partition coefficient (Wildman–Crippen LogP) is 1.21. The summed E-state index contributed by atoms with van der Waals surface area (Å²) in [6, 6.07) is 2.44. The fourth-order valence-electron chi connectivity index (χ4n) is 0.739. The van der Waals surface area contributed by atoms with Crippen LogP contribution in [0.5, 0.6) is 0 Å². The molecule has 2 N–H and O–H groups in total. The fraction of sp³-hybridized carbons (Fsp3) is 0.286. The number of carbonyl (C=O) groups excluding carboxylic acids is 1. The molecule has 0 amide bonds. The number of halogens is 1. The number of furan rings is 1.